The smallest absolute Gasteiger partial charge is 0.178 e. The van der Waals surface area contributed by atoms with Crippen LogP contribution in [0.2, 0.25) is 0 Å². The predicted molar refractivity (Wildman–Crippen MR) is 84.7 cm³/mol. The van der Waals surface area contributed by atoms with Gasteiger partial charge in [-0.2, -0.15) is 0 Å². The number of halogens is 1. The van der Waals surface area contributed by atoms with Crippen molar-refractivity contribution in [3.05, 3.63) is 28.3 Å². The van der Waals surface area contributed by atoms with Crippen molar-refractivity contribution in [2.45, 2.75) is 44.7 Å². The molecule has 2 atom stereocenters. The Morgan fingerprint density at radius 3 is 2.95 bits per heavy atom. The molecule has 0 bridgehead atoms. The monoisotopic (exact) mass is 305 g/mol. The molecule has 0 amide bonds. The molecule has 4 rings (SSSR count). The van der Waals surface area contributed by atoms with Crippen molar-refractivity contribution in [1.82, 2.24) is 14.5 Å². The highest BCUT2D eigenvalue weighted by Gasteiger charge is 2.33. The maximum absolute atomic E-state index is 13.7. The Morgan fingerprint density at radius 1 is 1.24 bits per heavy atom. The number of aryl methyl sites for hydroxylation is 1. The normalized spacial score (nSPS) is 26.4. The number of aromatic amines is 1. The zero-order valence-electron chi connectivity index (χ0n) is 12.2. The lowest BCUT2D eigenvalue weighted by molar-refractivity contribution is 0.156. The van der Waals surface area contributed by atoms with Gasteiger partial charge in [0, 0.05) is 18.6 Å². The lowest BCUT2D eigenvalue weighted by Gasteiger charge is -2.35. The van der Waals surface area contributed by atoms with Crippen molar-refractivity contribution in [3.8, 4) is 0 Å². The minimum atomic E-state index is -0.170. The average Bonchev–Trinajstić information content (AvgIpc) is 3.02. The zero-order chi connectivity index (χ0) is 14.6. The molecule has 0 spiro atoms. The summed E-state index contributed by atoms with van der Waals surface area (Å²) in [6.07, 6.45) is 4.92. The van der Waals surface area contributed by atoms with E-state index >= 15 is 0 Å². The number of rotatable bonds is 1. The largest absolute Gasteiger partial charge is 0.330 e. The molecule has 2 aliphatic rings. The number of hydrogen-bond acceptors (Lipinski definition) is 2. The molecule has 0 saturated carbocycles. The highest BCUT2D eigenvalue weighted by Crippen LogP contribution is 2.35. The summed E-state index contributed by atoms with van der Waals surface area (Å²) >= 11 is 5.51. The van der Waals surface area contributed by atoms with Gasteiger partial charge in [-0.25, -0.2) is 4.39 Å². The maximum atomic E-state index is 13.7. The molecule has 1 aromatic carbocycles. The molecule has 1 N–H and O–H groups in total. The number of nitrogens with zero attached hydrogens (tertiary/aromatic N) is 2. The van der Waals surface area contributed by atoms with Gasteiger partial charge < -0.3 is 14.5 Å². The first-order chi connectivity index (χ1) is 10.1. The van der Waals surface area contributed by atoms with Crippen LogP contribution in [0, 0.1) is 17.5 Å². The van der Waals surface area contributed by atoms with Gasteiger partial charge in [0.25, 0.3) is 0 Å². The van der Waals surface area contributed by atoms with E-state index in [4.69, 9.17) is 12.2 Å². The number of H-pyrrole nitrogens is 1. The summed E-state index contributed by atoms with van der Waals surface area (Å²) < 4.78 is 16.7. The van der Waals surface area contributed by atoms with Crippen molar-refractivity contribution in [1.29, 1.82) is 0 Å². The van der Waals surface area contributed by atoms with Gasteiger partial charge in [0.2, 0.25) is 0 Å². The molecule has 0 radical (unpaired) electrons. The number of imidazole rings is 1. The van der Waals surface area contributed by atoms with E-state index in [1.165, 1.54) is 19.4 Å². The van der Waals surface area contributed by atoms with E-state index in [-0.39, 0.29) is 5.82 Å². The second-order valence-corrected chi connectivity index (χ2v) is 6.82. The van der Waals surface area contributed by atoms with Crippen LogP contribution in [0.5, 0.6) is 0 Å². The van der Waals surface area contributed by atoms with Gasteiger partial charge in [-0.05, 0) is 69.1 Å². The Morgan fingerprint density at radius 2 is 2.10 bits per heavy atom. The molecule has 5 heteroatoms. The molecule has 3 nitrogen and oxygen atoms in total. The summed E-state index contributed by atoms with van der Waals surface area (Å²) in [4.78, 5) is 5.79. The number of aromatic nitrogens is 2. The Labute approximate surface area is 128 Å². The average molecular weight is 305 g/mol. The van der Waals surface area contributed by atoms with Gasteiger partial charge in [0.05, 0.1) is 11.0 Å². The van der Waals surface area contributed by atoms with Gasteiger partial charge in [-0.3, -0.25) is 0 Å². The SMILES string of the molecule is Cc1cc2c(cc1F)[nH]c(=S)n2C1CCN2CCCC2C1. The molecule has 2 saturated heterocycles. The quantitative estimate of drug-likeness (QED) is 0.807. The molecular formula is C16H20FN3S. The van der Waals surface area contributed by atoms with Crippen molar-refractivity contribution < 1.29 is 4.39 Å². The Hall–Kier alpha value is -1.20. The first kappa shape index (κ1) is 13.5. The maximum Gasteiger partial charge on any atom is 0.178 e. The second-order valence-electron chi connectivity index (χ2n) is 6.43. The molecule has 2 aromatic rings. The second kappa shape index (κ2) is 4.92. The van der Waals surface area contributed by atoms with Crippen LogP contribution < -0.4 is 0 Å². The number of fused-ring (bicyclic) bond motifs is 2. The van der Waals surface area contributed by atoms with Crippen LogP contribution in [-0.2, 0) is 0 Å². The molecule has 0 aliphatic carbocycles. The molecule has 2 unspecified atom stereocenters. The van der Waals surface area contributed by atoms with Crippen molar-refractivity contribution in [3.63, 3.8) is 0 Å². The minimum absolute atomic E-state index is 0.170. The summed E-state index contributed by atoms with van der Waals surface area (Å²) in [6, 6.07) is 4.65. The Balaban J connectivity index is 1.77. The minimum Gasteiger partial charge on any atom is -0.330 e. The summed E-state index contributed by atoms with van der Waals surface area (Å²) in [6.45, 7) is 4.22. The summed E-state index contributed by atoms with van der Waals surface area (Å²) in [5.41, 5.74) is 2.55. The van der Waals surface area contributed by atoms with E-state index in [1.807, 2.05) is 13.0 Å². The fourth-order valence-electron chi connectivity index (χ4n) is 4.05. The fourth-order valence-corrected chi connectivity index (χ4v) is 4.41. The van der Waals surface area contributed by atoms with Crippen LogP contribution >= 0.6 is 12.2 Å². The van der Waals surface area contributed by atoms with Gasteiger partial charge >= 0.3 is 0 Å². The highest BCUT2D eigenvalue weighted by molar-refractivity contribution is 7.71. The molecule has 21 heavy (non-hydrogen) atoms. The first-order valence-corrected chi connectivity index (χ1v) is 8.19. The molecule has 3 heterocycles. The first-order valence-electron chi connectivity index (χ1n) is 7.78. The van der Waals surface area contributed by atoms with E-state index < -0.39 is 0 Å². The van der Waals surface area contributed by atoms with E-state index in [0.29, 0.717) is 17.6 Å². The molecular weight excluding hydrogens is 285 g/mol. The van der Waals surface area contributed by atoms with E-state index in [0.717, 1.165) is 35.2 Å². The Kier molecular flexibility index (Phi) is 3.15. The van der Waals surface area contributed by atoms with Gasteiger partial charge in [0.1, 0.15) is 5.82 Å². The number of piperidine rings is 1. The molecule has 112 valence electrons. The molecule has 2 aliphatic heterocycles. The van der Waals surface area contributed by atoms with Crippen molar-refractivity contribution in [2.24, 2.45) is 0 Å². The van der Waals surface area contributed by atoms with Crippen molar-refractivity contribution >= 4 is 23.3 Å². The van der Waals surface area contributed by atoms with Crippen LogP contribution in [0.15, 0.2) is 12.1 Å². The van der Waals surface area contributed by atoms with Crippen LogP contribution in [0.4, 0.5) is 4.39 Å². The third kappa shape index (κ3) is 2.14. The lowest BCUT2D eigenvalue weighted by Crippen LogP contribution is -2.38. The van der Waals surface area contributed by atoms with Gasteiger partial charge in [-0.15, -0.1) is 0 Å². The van der Waals surface area contributed by atoms with E-state index in [1.54, 1.807) is 6.07 Å². The van der Waals surface area contributed by atoms with Gasteiger partial charge in [0.15, 0.2) is 4.77 Å². The highest BCUT2D eigenvalue weighted by atomic mass is 32.1. The topological polar surface area (TPSA) is 24.0 Å². The lowest BCUT2D eigenvalue weighted by atomic mass is 9.97. The predicted octanol–water partition coefficient (Wildman–Crippen LogP) is 3.95. The van der Waals surface area contributed by atoms with Crippen molar-refractivity contribution in [2.75, 3.05) is 13.1 Å². The zero-order valence-corrected chi connectivity index (χ0v) is 13.0. The Bertz CT molecular complexity index is 748. The van der Waals surface area contributed by atoms with E-state index in [2.05, 4.69) is 14.5 Å². The summed E-state index contributed by atoms with van der Waals surface area (Å²) in [5.74, 6) is -0.170. The van der Waals surface area contributed by atoms with E-state index in [9.17, 15) is 4.39 Å². The summed E-state index contributed by atoms with van der Waals surface area (Å²) in [7, 11) is 0. The number of benzene rings is 1. The number of hydrogen-bond donors (Lipinski definition) is 1. The third-order valence-electron chi connectivity index (χ3n) is 5.15. The third-order valence-corrected chi connectivity index (χ3v) is 5.45. The van der Waals surface area contributed by atoms with Crippen LogP contribution in [0.3, 0.4) is 0 Å². The summed E-state index contributed by atoms with van der Waals surface area (Å²) in [5, 5.41) is 0. The molecule has 1 aromatic heterocycles. The standard InChI is InChI=1S/C16H20FN3S/c1-10-7-15-14(9-13(10)17)18-16(21)20(15)12-4-6-19-5-2-3-11(19)8-12/h7,9,11-12H,2-6,8H2,1H3,(H,18,21). The molecule has 2 fully saturated rings. The van der Waals surface area contributed by atoms with Crippen LogP contribution in [0.1, 0.15) is 37.3 Å². The number of nitrogens with one attached hydrogen (secondary N) is 1. The fraction of sp³-hybridized carbons (Fsp3) is 0.562. The van der Waals surface area contributed by atoms with Crippen LogP contribution in [0.25, 0.3) is 11.0 Å². The van der Waals surface area contributed by atoms with Crippen LogP contribution in [-0.4, -0.2) is 33.6 Å². The van der Waals surface area contributed by atoms with Gasteiger partial charge in [-0.1, -0.05) is 0 Å².